The minimum atomic E-state index is 0.135. The van der Waals surface area contributed by atoms with E-state index in [0.29, 0.717) is 5.92 Å². The number of nitrogens with zero attached hydrogens (tertiary/aromatic N) is 1. The molecule has 2 rings (SSSR count). The summed E-state index contributed by atoms with van der Waals surface area (Å²) in [7, 11) is 1.93. The highest BCUT2D eigenvalue weighted by molar-refractivity contribution is 5.99. The van der Waals surface area contributed by atoms with Gasteiger partial charge in [-0.2, -0.15) is 0 Å². The fraction of sp³-hybridized carbons (Fsp3) is 0.588. The topological polar surface area (TPSA) is 32.3 Å². The molecular formula is C17H26N2O. The minimum absolute atomic E-state index is 0.135. The van der Waals surface area contributed by atoms with Gasteiger partial charge in [0.25, 0.3) is 5.91 Å². The van der Waals surface area contributed by atoms with Crippen LogP contribution in [0.2, 0.25) is 0 Å². The third-order valence-electron chi connectivity index (χ3n) is 4.08. The molecule has 0 atom stereocenters. The van der Waals surface area contributed by atoms with Crippen molar-refractivity contribution in [2.45, 2.75) is 39.0 Å². The fourth-order valence-corrected chi connectivity index (χ4v) is 2.95. The minimum Gasteiger partial charge on any atom is -0.384 e. The summed E-state index contributed by atoms with van der Waals surface area (Å²) >= 11 is 0. The Labute approximate surface area is 122 Å². The predicted molar refractivity (Wildman–Crippen MR) is 84.1 cm³/mol. The summed E-state index contributed by atoms with van der Waals surface area (Å²) < 4.78 is 0. The van der Waals surface area contributed by atoms with Crippen molar-refractivity contribution in [1.82, 2.24) is 4.90 Å². The number of anilines is 1. The zero-order chi connectivity index (χ0) is 14.4. The summed E-state index contributed by atoms with van der Waals surface area (Å²) in [5.41, 5.74) is 1.75. The summed E-state index contributed by atoms with van der Waals surface area (Å²) in [4.78, 5) is 14.5. The SMILES string of the molecule is CCCNc1ccccc1C(=O)N(C)CC1CCCC1. The van der Waals surface area contributed by atoms with E-state index >= 15 is 0 Å². The number of carbonyl (C=O) groups excluding carboxylic acids is 1. The maximum Gasteiger partial charge on any atom is 0.255 e. The number of hydrogen-bond donors (Lipinski definition) is 1. The molecule has 1 saturated carbocycles. The van der Waals surface area contributed by atoms with Crippen LogP contribution in [0.3, 0.4) is 0 Å². The first kappa shape index (κ1) is 14.9. The van der Waals surface area contributed by atoms with Gasteiger partial charge in [-0.15, -0.1) is 0 Å². The molecule has 1 fully saturated rings. The smallest absolute Gasteiger partial charge is 0.255 e. The van der Waals surface area contributed by atoms with Crippen LogP contribution in [0.25, 0.3) is 0 Å². The Bertz CT molecular complexity index is 438. The van der Waals surface area contributed by atoms with Gasteiger partial charge in [0.2, 0.25) is 0 Å². The monoisotopic (exact) mass is 274 g/mol. The quantitative estimate of drug-likeness (QED) is 0.856. The van der Waals surface area contributed by atoms with Gasteiger partial charge in [-0.1, -0.05) is 31.9 Å². The lowest BCUT2D eigenvalue weighted by atomic mass is 10.1. The van der Waals surface area contributed by atoms with Gasteiger partial charge < -0.3 is 10.2 Å². The average Bonchev–Trinajstić information content (AvgIpc) is 2.97. The maximum absolute atomic E-state index is 12.6. The van der Waals surface area contributed by atoms with E-state index in [4.69, 9.17) is 0 Å². The molecule has 0 bridgehead atoms. The Balaban J connectivity index is 2.03. The lowest BCUT2D eigenvalue weighted by molar-refractivity contribution is 0.0774. The predicted octanol–water partition coefficient (Wildman–Crippen LogP) is 3.77. The highest BCUT2D eigenvalue weighted by Crippen LogP contribution is 2.26. The second-order valence-corrected chi connectivity index (χ2v) is 5.81. The zero-order valence-electron chi connectivity index (χ0n) is 12.7. The van der Waals surface area contributed by atoms with Crippen molar-refractivity contribution in [3.05, 3.63) is 29.8 Å². The van der Waals surface area contributed by atoms with E-state index in [2.05, 4.69) is 12.2 Å². The Hall–Kier alpha value is -1.51. The second kappa shape index (κ2) is 7.32. The molecule has 0 heterocycles. The summed E-state index contributed by atoms with van der Waals surface area (Å²) in [5, 5.41) is 3.34. The molecule has 0 unspecified atom stereocenters. The van der Waals surface area contributed by atoms with Crippen LogP contribution in [0.15, 0.2) is 24.3 Å². The van der Waals surface area contributed by atoms with Crippen molar-refractivity contribution in [2.75, 3.05) is 25.5 Å². The van der Waals surface area contributed by atoms with E-state index in [0.717, 1.165) is 30.8 Å². The Kier molecular flexibility index (Phi) is 5.45. The van der Waals surface area contributed by atoms with Gasteiger partial charge in [0, 0.05) is 25.8 Å². The number of carbonyl (C=O) groups is 1. The van der Waals surface area contributed by atoms with Crippen LogP contribution >= 0.6 is 0 Å². The van der Waals surface area contributed by atoms with Crippen molar-refractivity contribution in [2.24, 2.45) is 5.92 Å². The lowest BCUT2D eigenvalue weighted by Gasteiger charge is -2.22. The molecule has 0 spiro atoms. The van der Waals surface area contributed by atoms with E-state index in [1.807, 2.05) is 36.2 Å². The molecule has 0 aromatic heterocycles. The van der Waals surface area contributed by atoms with Crippen molar-refractivity contribution < 1.29 is 4.79 Å². The molecule has 1 aliphatic rings. The molecule has 110 valence electrons. The summed E-state index contributed by atoms with van der Waals surface area (Å²) in [6.07, 6.45) is 6.24. The maximum atomic E-state index is 12.6. The number of para-hydroxylation sites is 1. The van der Waals surface area contributed by atoms with Gasteiger partial charge in [-0.05, 0) is 37.3 Å². The fourth-order valence-electron chi connectivity index (χ4n) is 2.95. The molecule has 1 aromatic rings. The molecule has 1 amide bonds. The first-order valence-electron chi connectivity index (χ1n) is 7.80. The van der Waals surface area contributed by atoms with Crippen molar-refractivity contribution >= 4 is 11.6 Å². The molecule has 1 aliphatic carbocycles. The Morgan fingerprint density at radius 3 is 2.70 bits per heavy atom. The van der Waals surface area contributed by atoms with Crippen LogP contribution in [-0.2, 0) is 0 Å². The first-order valence-corrected chi connectivity index (χ1v) is 7.80. The van der Waals surface area contributed by atoms with E-state index in [-0.39, 0.29) is 5.91 Å². The zero-order valence-corrected chi connectivity index (χ0v) is 12.7. The van der Waals surface area contributed by atoms with E-state index < -0.39 is 0 Å². The lowest BCUT2D eigenvalue weighted by Crippen LogP contribution is -2.31. The summed E-state index contributed by atoms with van der Waals surface area (Å²) in [6, 6.07) is 7.83. The third-order valence-corrected chi connectivity index (χ3v) is 4.08. The molecule has 1 aromatic carbocycles. The Morgan fingerprint density at radius 1 is 1.30 bits per heavy atom. The number of benzene rings is 1. The standard InChI is InChI=1S/C17H26N2O/c1-3-12-18-16-11-7-6-10-15(16)17(20)19(2)13-14-8-4-5-9-14/h6-7,10-11,14,18H,3-5,8-9,12-13H2,1-2H3. The largest absolute Gasteiger partial charge is 0.384 e. The molecule has 0 aliphatic heterocycles. The van der Waals surface area contributed by atoms with Crippen LogP contribution in [0.4, 0.5) is 5.69 Å². The normalized spacial score (nSPS) is 15.3. The van der Waals surface area contributed by atoms with Gasteiger partial charge in [0.15, 0.2) is 0 Å². The molecule has 0 saturated heterocycles. The number of hydrogen-bond acceptors (Lipinski definition) is 2. The molecule has 1 N–H and O–H groups in total. The van der Waals surface area contributed by atoms with Crippen molar-refractivity contribution in [1.29, 1.82) is 0 Å². The van der Waals surface area contributed by atoms with E-state index in [1.54, 1.807) is 0 Å². The van der Waals surface area contributed by atoms with Crippen molar-refractivity contribution in [3.63, 3.8) is 0 Å². The molecule has 0 radical (unpaired) electrons. The van der Waals surface area contributed by atoms with Crippen LogP contribution in [0, 0.1) is 5.92 Å². The van der Waals surface area contributed by atoms with Gasteiger partial charge in [-0.3, -0.25) is 4.79 Å². The van der Waals surface area contributed by atoms with Crippen LogP contribution in [0.5, 0.6) is 0 Å². The summed E-state index contributed by atoms with van der Waals surface area (Å²) in [5.74, 6) is 0.829. The molecule has 3 nitrogen and oxygen atoms in total. The van der Waals surface area contributed by atoms with Crippen LogP contribution in [0.1, 0.15) is 49.4 Å². The van der Waals surface area contributed by atoms with Crippen LogP contribution < -0.4 is 5.32 Å². The third kappa shape index (κ3) is 3.75. The molecule has 20 heavy (non-hydrogen) atoms. The van der Waals surface area contributed by atoms with E-state index in [1.165, 1.54) is 25.7 Å². The van der Waals surface area contributed by atoms with Gasteiger partial charge in [-0.25, -0.2) is 0 Å². The average molecular weight is 274 g/mol. The van der Waals surface area contributed by atoms with Crippen LogP contribution in [-0.4, -0.2) is 30.9 Å². The first-order chi connectivity index (χ1) is 9.72. The number of amides is 1. The number of rotatable bonds is 6. The highest BCUT2D eigenvalue weighted by Gasteiger charge is 2.21. The second-order valence-electron chi connectivity index (χ2n) is 5.81. The van der Waals surface area contributed by atoms with Gasteiger partial charge in [0.1, 0.15) is 0 Å². The molecule has 3 heteroatoms. The molecular weight excluding hydrogens is 248 g/mol. The van der Waals surface area contributed by atoms with E-state index in [9.17, 15) is 4.79 Å². The summed E-state index contributed by atoms with van der Waals surface area (Å²) in [6.45, 7) is 3.92. The number of nitrogens with one attached hydrogen (secondary N) is 1. The van der Waals surface area contributed by atoms with Gasteiger partial charge in [0.05, 0.1) is 5.56 Å². The van der Waals surface area contributed by atoms with Gasteiger partial charge >= 0.3 is 0 Å². The Morgan fingerprint density at radius 2 is 2.00 bits per heavy atom. The highest BCUT2D eigenvalue weighted by atomic mass is 16.2. The van der Waals surface area contributed by atoms with Crippen molar-refractivity contribution in [3.8, 4) is 0 Å².